The second kappa shape index (κ2) is 6.22. The number of fused-ring (bicyclic) bond motifs is 1. The van der Waals surface area contributed by atoms with Gasteiger partial charge in [-0.1, -0.05) is 6.08 Å². The molecule has 0 bridgehead atoms. The summed E-state index contributed by atoms with van der Waals surface area (Å²) in [6.45, 7) is 0. The molecular weight excluding hydrogens is 260 g/mol. The summed E-state index contributed by atoms with van der Waals surface area (Å²) >= 11 is 0. The largest absolute Gasteiger partial charge is 0.466 e. The maximum absolute atomic E-state index is 12.1. The van der Waals surface area contributed by atoms with Crippen molar-refractivity contribution in [3.63, 3.8) is 0 Å². The van der Waals surface area contributed by atoms with Crippen LogP contribution in [0, 0.1) is 5.92 Å². The van der Waals surface area contributed by atoms with Crippen LogP contribution in [0.5, 0.6) is 0 Å². The van der Waals surface area contributed by atoms with Gasteiger partial charge in [-0.15, -0.1) is 0 Å². The van der Waals surface area contributed by atoms with E-state index < -0.39 is 11.9 Å². The van der Waals surface area contributed by atoms with Gasteiger partial charge in [0, 0.05) is 13.0 Å². The van der Waals surface area contributed by atoms with Crippen LogP contribution in [0.2, 0.25) is 0 Å². The molecule has 20 heavy (non-hydrogen) atoms. The van der Waals surface area contributed by atoms with E-state index in [0.717, 1.165) is 24.8 Å². The van der Waals surface area contributed by atoms with Gasteiger partial charge >= 0.3 is 11.9 Å². The first-order valence-electron chi connectivity index (χ1n) is 6.76. The van der Waals surface area contributed by atoms with Gasteiger partial charge < -0.3 is 14.2 Å². The Labute approximate surface area is 118 Å². The van der Waals surface area contributed by atoms with Crippen molar-refractivity contribution >= 4 is 11.9 Å². The smallest absolute Gasteiger partial charge is 0.334 e. The van der Waals surface area contributed by atoms with Crippen molar-refractivity contribution in [1.82, 2.24) is 0 Å². The Morgan fingerprint density at radius 1 is 1.10 bits per heavy atom. The van der Waals surface area contributed by atoms with Crippen LogP contribution in [-0.4, -0.2) is 39.4 Å². The second-order valence-corrected chi connectivity index (χ2v) is 4.99. The molecule has 0 radical (unpaired) electrons. The van der Waals surface area contributed by atoms with Crippen LogP contribution in [-0.2, 0) is 23.8 Å². The van der Waals surface area contributed by atoms with Gasteiger partial charge in [-0.05, 0) is 31.3 Å². The van der Waals surface area contributed by atoms with Crippen molar-refractivity contribution in [1.29, 1.82) is 0 Å². The zero-order valence-corrected chi connectivity index (χ0v) is 12.1. The first kappa shape index (κ1) is 14.8. The fraction of sp³-hybridized carbons (Fsp3) is 0.600. The molecule has 2 aliphatic rings. The van der Waals surface area contributed by atoms with Crippen molar-refractivity contribution in [2.45, 2.75) is 31.8 Å². The highest BCUT2D eigenvalue weighted by molar-refractivity contribution is 6.01. The number of ether oxygens (including phenoxy) is 3. The molecule has 0 aromatic heterocycles. The van der Waals surface area contributed by atoms with E-state index in [4.69, 9.17) is 14.2 Å². The number of carbonyl (C=O) groups is 2. The number of rotatable bonds is 3. The molecule has 0 aromatic rings. The van der Waals surface area contributed by atoms with Gasteiger partial charge in [0.05, 0.1) is 31.5 Å². The van der Waals surface area contributed by atoms with Crippen LogP contribution in [0.25, 0.3) is 0 Å². The topological polar surface area (TPSA) is 61.8 Å². The molecule has 2 atom stereocenters. The van der Waals surface area contributed by atoms with Gasteiger partial charge in [-0.2, -0.15) is 0 Å². The average molecular weight is 280 g/mol. The molecule has 0 amide bonds. The number of esters is 2. The minimum Gasteiger partial charge on any atom is -0.466 e. The van der Waals surface area contributed by atoms with E-state index in [0.29, 0.717) is 17.6 Å². The third-order valence-electron chi connectivity index (χ3n) is 4.07. The van der Waals surface area contributed by atoms with Crippen LogP contribution >= 0.6 is 0 Å². The van der Waals surface area contributed by atoms with Gasteiger partial charge in [-0.3, -0.25) is 0 Å². The number of hydrogen-bond donors (Lipinski definition) is 0. The molecule has 2 aliphatic carbocycles. The predicted molar refractivity (Wildman–Crippen MR) is 71.9 cm³/mol. The Kier molecular flexibility index (Phi) is 4.60. The Balaban J connectivity index is 2.42. The summed E-state index contributed by atoms with van der Waals surface area (Å²) < 4.78 is 15.1. The quantitative estimate of drug-likeness (QED) is 0.582. The number of carbonyl (C=O) groups excluding carboxylic acids is 2. The molecule has 1 saturated carbocycles. The summed E-state index contributed by atoms with van der Waals surface area (Å²) in [4.78, 5) is 24.0. The van der Waals surface area contributed by atoms with E-state index in [9.17, 15) is 9.59 Å². The van der Waals surface area contributed by atoms with E-state index >= 15 is 0 Å². The Hall–Kier alpha value is -1.62. The number of allylic oxidation sites excluding steroid dienone is 1. The molecule has 0 heterocycles. The number of hydrogen-bond acceptors (Lipinski definition) is 5. The van der Waals surface area contributed by atoms with Crippen LogP contribution in [0.4, 0.5) is 0 Å². The maximum atomic E-state index is 12.1. The standard InChI is InChI=1S/C15H20O5/c1-18-12-6-4-5-10-9(12)7-8-11(14(16)19-2)13(10)15(17)20-3/h7,10,12H,4-6,8H2,1-3H3. The van der Waals surface area contributed by atoms with Crippen LogP contribution < -0.4 is 0 Å². The molecule has 0 aliphatic heterocycles. The van der Waals surface area contributed by atoms with Crippen LogP contribution in [0.15, 0.2) is 22.8 Å². The molecule has 0 aromatic carbocycles. The molecule has 5 heteroatoms. The third-order valence-corrected chi connectivity index (χ3v) is 4.07. The van der Waals surface area contributed by atoms with Gasteiger partial charge in [0.25, 0.3) is 0 Å². The van der Waals surface area contributed by atoms with E-state index in [1.54, 1.807) is 7.11 Å². The highest BCUT2D eigenvalue weighted by Crippen LogP contribution is 2.41. The molecule has 0 saturated heterocycles. The molecule has 2 unspecified atom stereocenters. The van der Waals surface area contributed by atoms with E-state index in [2.05, 4.69) is 0 Å². The molecule has 0 N–H and O–H groups in total. The van der Waals surface area contributed by atoms with Crippen LogP contribution in [0.1, 0.15) is 25.7 Å². The maximum Gasteiger partial charge on any atom is 0.334 e. The zero-order chi connectivity index (χ0) is 14.7. The summed E-state index contributed by atoms with van der Waals surface area (Å²) in [5, 5.41) is 0. The molecule has 2 rings (SSSR count). The van der Waals surface area contributed by atoms with Crippen molar-refractivity contribution < 1.29 is 23.8 Å². The number of methoxy groups -OCH3 is 3. The van der Waals surface area contributed by atoms with Crippen molar-refractivity contribution in [3.8, 4) is 0 Å². The van der Waals surface area contributed by atoms with Crippen molar-refractivity contribution in [2.24, 2.45) is 5.92 Å². The van der Waals surface area contributed by atoms with E-state index in [-0.39, 0.29) is 12.0 Å². The SMILES string of the molecule is COC(=O)C1=C(C(=O)OC)C2CCCC(OC)C2=CC1. The first-order valence-corrected chi connectivity index (χ1v) is 6.76. The van der Waals surface area contributed by atoms with Gasteiger partial charge in [0.15, 0.2) is 0 Å². The Morgan fingerprint density at radius 3 is 2.40 bits per heavy atom. The highest BCUT2D eigenvalue weighted by Gasteiger charge is 2.38. The molecule has 1 fully saturated rings. The molecule has 5 nitrogen and oxygen atoms in total. The van der Waals surface area contributed by atoms with Gasteiger partial charge in [-0.25, -0.2) is 9.59 Å². The van der Waals surface area contributed by atoms with E-state index in [1.807, 2.05) is 6.08 Å². The first-order chi connectivity index (χ1) is 9.63. The highest BCUT2D eigenvalue weighted by atomic mass is 16.5. The van der Waals surface area contributed by atoms with Crippen LogP contribution in [0.3, 0.4) is 0 Å². The summed E-state index contributed by atoms with van der Waals surface area (Å²) in [5.41, 5.74) is 1.94. The lowest BCUT2D eigenvalue weighted by molar-refractivity contribution is -0.140. The van der Waals surface area contributed by atoms with Crippen molar-refractivity contribution in [2.75, 3.05) is 21.3 Å². The minimum atomic E-state index is -0.458. The second-order valence-electron chi connectivity index (χ2n) is 4.99. The molecule has 110 valence electrons. The van der Waals surface area contributed by atoms with Gasteiger partial charge in [0.2, 0.25) is 0 Å². The Bertz CT molecular complexity index is 475. The fourth-order valence-electron chi connectivity index (χ4n) is 3.14. The summed E-state index contributed by atoms with van der Waals surface area (Å²) in [7, 11) is 4.33. The van der Waals surface area contributed by atoms with Crippen molar-refractivity contribution in [3.05, 3.63) is 22.8 Å². The minimum absolute atomic E-state index is 0.0209. The summed E-state index contributed by atoms with van der Waals surface area (Å²) in [5.74, 6) is -0.998. The zero-order valence-electron chi connectivity index (χ0n) is 12.1. The van der Waals surface area contributed by atoms with E-state index in [1.165, 1.54) is 14.2 Å². The third kappa shape index (κ3) is 2.50. The lowest BCUT2D eigenvalue weighted by atomic mass is 9.72. The monoisotopic (exact) mass is 280 g/mol. The summed E-state index contributed by atoms with van der Waals surface area (Å²) in [6, 6.07) is 0. The Morgan fingerprint density at radius 2 is 1.80 bits per heavy atom. The van der Waals surface area contributed by atoms with Gasteiger partial charge in [0.1, 0.15) is 0 Å². The molecule has 0 spiro atoms. The normalized spacial score (nSPS) is 25.6. The summed E-state index contributed by atoms with van der Waals surface area (Å²) in [6.07, 6.45) is 5.14. The lowest BCUT2D eigenvalue weighted by Gasteiger charge is -2.35. The lowest BCUT2D eigenvalue weighted by Crippen LogP contribution is -2.33. The molecular formula is C15H20O5. The average Bonchev–Trinajstić information content (AvgIpc) is 2.51. The fourth-order valence-corrected chi connectivity index (χ4v) is 3.14. The predicted octanol–water partition coefficient (Wildman–Crippen LogP) is 1.77.